The smallest absolute Gasteiger partial charge is 0.220 e. The van der Waals surface area contributed by atoms with E-state index < -0.39 is 0 Å². The number of nitrogens with one attached hydrogen (secondary N) is 2. The molecule has 0 spiro atoms. The van der Waals surface area contributed by atoms with Crippen molar-refractivity contribution in [3.05, 3.63) is 29.8 Å². The highest BCUT2D eigenvalue weighted by Gasteiger charge is 2.26. The Morgan fingerprint density at radius 3 is 2.60 bits per heavy atom. The van der Waals surface area contributed by atoms with Gasteiger partial charge in [0.25, 0.3) is 0 Å². The highest BCUT2D eigenvalue weighted by atomic mass is 16.5. The predicted molar refractivity (Wildman–Crippen MR) is 100.0 cm³/mol. The Morgan fingerprint density at radius 2 is 1.92 bits per heavy atom. The maximum Gasteiger partial charge on any atom is 0.220 e. The molecular formula is C20H32N2O3. The number of hydrogen-bond acceptors (Lipinski definition) is 4. The van der Waals surface area contributed by atoms with Crippen LogP contribution in [-0.2, 0) is 16.0 Å². The molecule has 1 heterocycles. The Kier molecular flexibility index (Phi) is 8.22. The number of amides is 1. The van der Waals surface area contributed by atoms with Gasteiger partial charge in [-0.05, 0) is 61.9 Å². The Morgan fingerprint density at radius 1 is 1.20 bits per heavy atom. The van der Waals surface area contributed by atoms with E-state index in [0.717, 1.165) is 57.7 Å². The second-order valence-electron chi connectivity index (χ2n) is 7.18. The first-order valence-electron chi connectivity index (χ1n) is 9.29. The second-order valence-corrected chi connectivity index (χ2v) is 7.18. The number of methoxy groups -OCH3 is 1. The molecule has 1 aliphatic heterocycles. The molecule has 0 aliphatic carbocycles. The van der Waals surface area contributed by atoms with E-state index in [1.807, 2.05) is 12.1 Å². The maximum atomic E-state index is 12.0. The maximum absolute atomic E-state index is 12.0. The van der Waals surface area contributed by atoms with Gasteiger partial charge in [0.2, 0.25) is 5.91 Å². The Hall–Kier alpha value is -1.59. The molecule has 5 heteroatoms. The zero-order chi connectivity index (χ0) is 18.0. The van der Waals surface area contributed by atoms with Crippen molar-refractivity contribution >= 4 is 5.91 Å². The van der Waals surface area contributed by atoms with Gasteiger partial charge in [-0.25, -0.2) is 0 Å². The summed E-state index contributed by atoms with van der Waals surface area (Å²) in [5.41, 5.74) is 1.47. The monoisotopic (exact) mass is 348 g/mol. The van der Waals surface area contributed by atoms with Crippen LogP contribution in [0.3, 0.4) is 0 Å². The Labute approximate surface area is 151 Å². The van der Waals surface area contributed by atoms with Crippen molar-refractivity contribution < 1.29 is 14.3 Å². The van der Waals surface area contributed by atoms with Crippen LogP contribution in [0.2, 0.25) is 0 Å². The summed E-state index contributed by atoms with van der Waals surface area (Å²) in [6.45, 7) is 6.41. The summed E-state index contributed by atoms with van der Waals surface area (Å²) in [6.07, 6.45) is 4.40. The third kappa shape index (κ3) is 7.45. The van der Waals surface area contributed by atoms with Crippen LogP contribution >= 0.6 is 0 Å². The van der Waals surface area contributed by atoms with E-state index >= 15 is 0 Å². The molecule has 1 aromatic carbocycles. The number of hydrogen-bond donors (Lipinski definition) is 2. The van der Waals surface area contributed by atoms with Crippen molar-refractivity contribution in [3.8, 4) is 5.75 Å². The summed E-state index contributed by atoms with van der Waals surface area (Å²) in [4.78, 5) is 12.0. The molecule has 1 aromatic rings. The minimum Gasteiger partial charge on any atom is -0.494 e. The van der Waals surface area contributed by atoms with Crippen LogP contribution in [0.5, 0.6) is 5.75 Å². The summed E-state index contributed by atoms with van der Waals surface area (Å²) in [7, 11) is 1.71. The first-order chi connectivity index (χ1) is 12.1. The molecule has 0 bridgehead atoms. The average Bonchev–Trinajstić information content (AvgIpc) is 2.63. The topological polar surface area (TPSA) is 59.6 Å². The fourth-order valence-electron chi connectivity index (χ4n) is 3.00. The van der Waals surface area contributed by atoms with E-state index in [2.05, 4.69) is 29.7 Å². The van der Waals surface area contributed by atoms with E-state index in [1.165, 1.54) is 5.56 Å². The normalized spacial score (nSPS) is 16.4. The van der Waals surface area contributed by atoms with Crippen molar-refractivity contribution in [2.24, 2.45) is 5.41 Å². The summed E-state index contributed by atoms with van der Waals surface area (Å²) in [6, 6.07) is 8.06. The lowest BCUT2D eigenvalue weighted by Crippen LogP contribution is -2.42. The number of rotatable bonds is 10. The highest BCUT2D eigenvalue weighted by molar-refractivity contribution is 5.75. The first kappa shape index (κ1) is 19.7. The summed E-state index contributed by atoms with van der Waals surface area (Å²) >= 11 is 0. The minimum atomic E-state index is 0.123. The highest BCUT2D eigenvalue weighted by Crippen LogP contribution is 2.26. The van der Waals surface area contributed by atoms with Crippen molar-refractivity contribution in [1.82, 2.24) is 10.6 Å². The lowest BCUT2D eigenvalue weighted by Gasteiger charge is -2.34. The lowest BCUT2D eigenvalue weighted by molar-refractivity contribution is -0.121. The molecule has 0 unspecified atom stereocenters. The Bertz CT molecular complexity index is 510. The number of benzene rings is 1. The molecule has 0 aromatic heterocycles. The van der Waals surface area contributed by atoms with E-state index in [0.29, 0.717) is 13.0 Å². The number of piperidine rings is 1. The van der Waals surface area contributed by atoms with Crippen LogP contribution < -0.4 is 15.4 Å². The third-order valence-electron chi connectivity index (χ3n) is 4.86. The third-order valence-corrected chi connectivity index (χ3v) is 4.86. The molecule has 0 atom stereocenters. The van der Waals surface area contributed by atoms with Crippen LogP contribution in [0.4, 0.5) is 0 Å². The summed E-state index contributed by atoms with van der Waals surface area (Å²) < 4.78 is 10.8. The van der Waals surface area contributed by atoms with Crippen LogP contribution in [0, 0.1) is 5.41 Å². The van der Waals surface area contributed by atoms with Crippen LogP contribution in [0.15, 0.2) is 24.3 Å². The van der Waals surface area contributed by atoms with Crippen LogP contribution in [0.1, 0.15) is 38.2 Å². The summed E-state index contributed by atoms with van der Waals surface area (Å²) in [5.74, 6) is 0.974. The molecule has 2 rings (SSSR count). The molecule has 1 amide bonds. The Balaban J connectivity index is 1.58. The van der Waals surface area contributed by atoms with E-state index in [1.54, 1.807) is 7.11 Å². The van der Waals surface area contributed by atoms with Gasteiger partial charge in [-0.1, -0.05) is 19.1 Å². The zero-order valence-corrected chi connectivity index (χ0v) is 15.6. The van der Waals surface area contributed by atoms with Gasteiger partial charge in [0.05, 0.1) is 13.2 Å². The summed E-state index contributed by atoms with van der Waals surface area (Å²) in [5, 5.41) is 6.45. The van der Waals surface area contributed by atoms with Crippen molar-refractivity contribution in [2.45, 2.75) is 39.0 Å². The van der Waals surface area contributed by atoms with Gasteiger partial charge >= 0.3 is 0 Å². The average molecular weight is 348 g/mol. The molecule has 2 N–H and O–H groups in total. The van der Waals surface area contributed by atoms with Gasteiger partial charge in [-0.2, -0.15) is 0 Å². The molecule has 140 valence electrons. The molecule has 25 heavy (non-hydrogen) atoms. The SMILES string of the molecule is COCCc1ccc(OCCCC(=O)NCC2(C)CCNCC2)cc1. The van der Waals surface area contributed by atoms with E-state index in [4.69, 9.17) is 9.47 Å². The first-order valence-corrected chi connectivity index (χ1v) is 9.29. The molecule has 1 aliphatic rings. The standard InChI is InChI=1S/C20H32N2O3/c1-20(10-12-21-13-11-20)16-22-19(23)4-3-14-25-18-7-5-17(6-8-18)9-15-24-2/h5-8,21H,3-4,9-16H2,1-2H3,(H,22,23). The number of carbonyl (C=O) groups excluding carboxylic acids is 1. The van der Waals surface area contributed by atoms with Gasteiger partial charge in [-0.3, -0.25) is 4.79 Å². The number of ether oxygens (including phenoxy) is 2. The predicted octanol–water partition coefficient (Wildman–Crippen LogP) is 2.54. The quantitative estimate of drug-likeness (QED) is 0.638. The molecule has 0 radical (unpaired) electrons. The van der Waals surface area contributed by atoms with Crippen molar-refractivity contribution in [2.75, 3.05) is 40.0 Å². The molecular weight excluding hydrogens is 316 g/mol. The number of carbonyl (C=O) groups is 1. The fraction of sp³-hybridized carbons (Fsp3) is 0.650. The molecule has 0 saturated carbocycles. The van der Waals surface area contributed by atoms with E-state index in [-0.39, 0.29) is 11.3 Å². The van der Waals surface area contributed by atoms with Gasteiger partial charge in [-0.15, -0.1) is 0 Å². The fourth-order valence-corrected chi connectivity index (χ4v) is 3.00. The van der Waals surface area contributed by atoms with Crippen molar-refractivity contribution in [3.63, 3.8) is 0 Å². The lowest BCUT2D eigenvalue weighted by atomic mass is 9.81. The second kappa shape index (κ2) is 10.4. The molecule has 1 saturated heterocycles. The van der Waals surface area contributed by atoms with Crippen LogP contribution in [-0.4, -0.2) is 45.9 Å². The molecule has 5 nitrogen and oxygen atoms in total. The zero-order valence-electron chi connectivity index (χ0n) is 15.6. The van der Waals surface area contributed by atoms with Gasteiger partial charge in [0.1, 0.15) is 5.75 Å². The molecule has 1 fully saturated rings. The van der Waals surface area contributed by atoms with E-state index in [9.17, 15) is 4.79 Å². The largest absolute Gasteiger partial charge is 0.494 e. The van der Waals surface area contributed by atoms with Gasteiger partial charge < -0.3 is 20.1 Å². The van der Waals surface area contributed by atoms with Gasteiger partial charge in [0.15, 0.2) is 0 Å². The van der Waals surface area contributed by atoms with Gasteiger partial charge in [0, 0.05) is 20.1 Å². The minimum absolute atomic E-state index is 0.123. The van der Waals surface area contributed by atoms with Crippen molar-refractivity contribution in [1.29, 1.82) is 0 Å². The van der Waals surface area contributed by atoms with Crippen LogP contribution in [0.25, 0.3) is 0 Å².